The van der Waals surface area contributed by atoms with Crippen LogP contribution >= 0.6 is 27.0 Å². The van der Waals surface area contributed by atoms with Crippen LogP contribution in [-0.2, 0) is 25.8 Å². The van der Waals surface area contributed by atoms with Gasteiger partial charge < -0.3 is 15.3 Å². The molecule has 0 aromatic heterocycles. The third kappa shape index (κ3) is 6.79. The van der Waals surface area contributed by atoms with Crippen LogP contribution in [0.4, 0.5) is 5.69 Å². The van der Waals surface area contributed by atoms with Gasteiger partial charge in [0.25, 0.3) is 0 Å². The van der Waals surface area contributed by atoms with Crippen LogP contribution in [0, 0.1) is 6.92 Å². The number of aryl methyl sites for hydroxylation is 1. The van der Waals surface area contributed by atoms with Crippen LogP contribution in [0.25, 0.3) is 0 Å². The topological polar surface area (TPSA) is 107 Å². The number of nitrogens with zero attached hydrogens (tertiary/aromatic N) is 2. The van der Waals surface area contributed by atoms with E-state index in [1.807, 2.05) is 25.1 Å². The van der Waals surface area contributed by atoms with Crippen LogP contribution in [0.1, 0.15) is 29.2 Å². The predicted molar refractivity (Wildman–Crippen MR) is 145 cm³/mol. The Kier molecular flexibility index (Phi) is 9.83. The molecule has 11 heteroatoms. The van der Waals surface area contributed by atoms with Gasteiger partial charge in [0.05, 0.1) is 29.1 Å². The first-order valence-electron chi connectivity index (χ1n) is 11.0. The summed E-state index contributed by atoms with van der Waals surface area (Å²) in [6, 6.07) is 12.5. The molecule has 35 heavy (non-hydrogen) atoms. The monoisotopic (exact) mass is 539 g/mol. The van der Waals surface area contributed by atoms with E-state index in [0.717, 1.165) is 24.1 Å². The number of rotatable bonds is 6. The summed E-state index contributed by atoms with van der Waals surface area (Å²) in [7, 11) is -1.89. The van der Waals surface area contributed by atoms with Gasteiger partial charge in [-0.3, -0.25) is 14.5 Å². The number of benzene rings is 2. The van der Waals surface area contributed by atoms with Gasteiger partial charge >= 0.3 is 0 Å². The largest absolute Gasteiger partial charge is 0.392 e. The number of carbonyl (C=O) groups excluding carboxylic acids is 2. The Balaban J connectivity index is 0.00000216. The van der Waals surface area contributed by atoms with Gasteiger partial charge in [0.2, 0.25) is 11.8 Å². The molecule has 0 spiro atoms. The van der Waals surface area contributed by atoms with Crippen molar-refractivity contribution >= 4 is 54.3 Å². The second-order valence-corrected chi connectivity index (χ2v) is 10.9. The molecule has 2 heterocycles. The lowest BCUT2D eigenvalue weighted by molar-refractivity contribution is -0.131. The lowest BCUT2D eigenvalue weighted by Crippen LogP contribution is -2.39. The summed E-state index contributed by atoms with van der Waals surface area (Å²) in [6.45, 7) is 3.99. The minimum absolute atomic E-state index is 0. The molecule has 192 valence electrons. The van der Waals surface area contributed by atoms with Gasteiger partial charge in [0.1, 0.15) is 5.75 Å². The number of fused-ring (bicyclic) bond motifs is 1. The van der Waals surface area contributed by atoms with E-state index in [2.05, 4.69) is 16.3 Å². The number of likely N-dealkylation sites (tertiary alicyclic amines) is 1. The molecule has 2 aromatic rings. The molecule has 2 atom stereocenters. The molecule has 1 saturated heterocycles. The molecule has 1 fully saturated rings. The van der Waals surface area contributed by atoms with Gasteiger partial charge in [0.15, 0.2) is 9.84 Å². The highest BCUT2D eigenvalue weighted by molar-refractivity contribution is 7.92. The number of hydrogen-bond donors (Lipinski definition) is 2. The van der Waals surface area contributed by atoms with Gasteiger partial charge in [0, 0.05) is 26.7 Å². The number of aliphatic hydroxyl groups is 1. The van der Waals surface area contributed by atoms with Gasteiger partial charge in [-0.15, -0.1) is 0 Å². The maximum atomic E-state index is 13.3. The molecule has 8 nitrogen and oxygen atoms in total. The molecule has 0 aliphatic carbocycles. The maximum absolute atomic E-state index is 13.3. The summed E-state index contributed by atoms with van der Waals surface area (Å²) < 4.78 is 24.5. The second-order valence-electron chi connectivity index (χ2n) is 8.95. The highest BCUT2D eigenvalue weighted by Gasteiger charge is 2.30. The Morgan fingerprint density at radius 1 is 1.23 bits per heavy atom. The Morgan fingerprint density at radius 3 is 2.63 bits per heavy atom. The normalized spacial score (nSPS) is 19.5. The van der Waals surface area contributed by atoms with E-state index in [0.29, 0.717) is 18.7 Å². The summed E-state index contributed by atoms with van der Waals surface area (Å²) in [5.41, 5.74) is 2.98. The smallest absolute Gasteiger partial charge is 0.239 e. The quantitative estimate of drug-likeness (QED) is 0.579. The average molecular weight is 540 g/mol. The molecule has 2 N–H and O–H groups in total. The molecule has 0 radical (unpaired) electrons. The number of nitrogens with one attached hydrogen (secondary N) is 1. The van der Waals surface area contributed by atoms with Crippen LogP contribution in [0.15, 0.2) is 47.4 Å². The number of carbonyl (C=O) groups is 2. The summed E-state index contributed by atoms with van der Waals surface area (Å²) in [5.74, 6) is -1.26. The number of amides is 2. The summed E-state index contributed by atoms with van der Waals surface area (Å²) in [4.78, 5) is 29.0. The van der Waals surface area contributed by atoms with Crippen molar-refractivity contribution in [2.24, 2.45) is 0 Å². The third-order valence-electron chi connectivity index (χ3n) is 6.30. The second kappa shape index (κ2) is 11.8. The maximum Gasteiger partial charge on any atom is 0.239 e. The fraction of sp³-hybridized carbons (Fsp3) is 0.417. The van der Waals surface area contributed by atoms with Gasteiger partial charge in [-0.05, 0) is 36.6 Å². The van der Waals surface area contributed by atoms with E-state index in [1.165, 1.54) is 6.07 Å². The van der Waals surface area contributed by atoms with Gasteiger partial charge in [-0.2, -0.15) is 27.0 Å². The first-order valence-corrected chi connectivity index (χ1v) is 12.7. The zero-order chi connectivity index (χ0) is 23.8. The van der Waals surface area contributed by atoms with E-state index in [4.69, 9.17) is 0 Å². The zero-order valence-corrected chi connectivity index (χ0v) is 22.6. The molecule has 4 rings (SSSR count). The van der Waals surface area contributed by atoms with Gasteiger partial charge in [-0.25, -0.2) is 8.42 Å². The van der Waals surface area contributed by atoms with Crippen molar-refractivity contribution in [3.63, 3.8) is 0 Å². The molecule has 2 aliphatic rings. The number of sulfone groups is 1. The molecule has 0 bridgehead atoms. The number of β-amino-alcohol motifs (C(OH)–C–C–N with tert-alkyl or cyclic N) is 1. The van der Waals surface area contributed by atoms with E-state index in [-0.39, 0.29) is 62.0 Å². The zero-order valence-electron chi connectivity index (χ0n) is 19.8. The molecule has 2 aromatic carbocycles. The van der Waals surface area contributed by atoms with Crippen molar-refractivity contribution in [2.45, 2.75) is 36.8 Å². The third-order valence-corrected chi connectivity index (χ3v) is 7.96. The van der Waals surface area contributed by atoms with Crippen molar-refractivity contribution in [1.29, 1.82) is 0 Å². The molecule has 0 saturated carbocycles. The Hall–Kier alpha value is -2.05. The van der Waals surface area contributed by atoms with Crippen LogP contribution in [0.5, 0.6) is 0 Å². The van der Waals surface area contributed by atoms with Crippen LogP contribution in [0.2, 0.25) is 0 Å². The fourth-order valence-electron chi connectivity index (χ4n) is 4.52. The first-order chi connectivity index (χ1) is 15.6. The van der Waals surface area contributed by atoms with Crippen LogP contribution < -0.4 is 5.32 Å². The van der Waals surface area contributed by atoms with E-state index < -0.39 is 21.5 Å². The fourth-order valence-corrected chi connectivity index (χ4v) is 5.81. The summed E-state index contributed by atoms with van der Waals surface area (Å²) in [6.07, 6.45) is 0.457. The minimum Gasteiger partial charge on any atom is -0.392 e. The highest BCUT2D eigenvalue weighted by atomic mass is 32.2. The molecule has 0 unspecified atom stereocenters. The van der Waals surface area contributed by atoms with E-state index >= 15 is 0 Å². The Labute approximate surface area is 220 Å². The summed E-state index contributed by atoms with van der Waals surface area (Å²) in [5, 5.41) is 12.5. The number of hydrogen-bond acceptors (Lipinski definition) is 6. The lowest BCUT2D eigenvalue weighted by Gasteiger charge is -2.32. The highest BCUT2D eigenvalue weighted by Crippen LogP contribution is 2.29. The lowest BCUT2D eigenvalue weighted by atomic mass is 10.0. The average Bonchev–Trinajstić information content (AvgIpc) is 3.15. The van der Waals surface area contributed by atoms with Crippen molar-refractivity contribution < 1.29 is 23.1 Å². The summed E-state index contributed by atoms with van der Waals surface area (Å²) >= 11 is 0. The molecular formula is C24H33N3O5S3. The number of aliphatic hydroxyl groups excluding tert-OH is 1. The standard InChI is InChI=1S/C24H29N3O5S.2H2S/c1-16-4-3-5-18(10-16)21(14-27-9-8-19(28)13-27)26(2)24(30)12-17-6-7-22-20(11-17)25-23(29)15-33(22,31)32;;/h3-7,10-11,19,21,28H,8-9,12-15H2,1-2H3,(H,25,29);2*1H2/t19-,21+;;/m0../s1. The van der Waals surface area contributed by atoms with E-state index in [9.17, 15) is 23.1 Å². The Bertz CT molecular complexity index is 1190. The Morgan fingerprint density at radius 2 is 1.97 bits per heavy atom. The van der Waals surface area contributed by atoms with Crippen molar-refractivity contribution in [3.05, 3.63) is 59.2 Å². The predicted octanol–water partition coefficient (Wildman–Crippen LogP) is 1.76. The minimum atomic E-state index is -3.66. The van der Waals surface area contributed by atoms with Gasteiger partial charge in [-0.1, -0.05) is 35.9 Å². The molecule has 2 aliphatic heterocycles. The van der Waals surface area contributed by atoms with Crippen molar-refractivity contribution in [3.8, 4) is 0 Å². The molecule has 2 amide bonds. The van der Waals surface area contributed by atoms with Crippen molar-refractivity contribution in [2.75, 3.05) is 37.8 Å². The van der Waals surface area contributed by atoms with Crippen LogP contribution in [0.3, 0.4) is 0 Å². The van der Waals surface area contributed by atoms with Crippen LogP contribution in [-0.4, -0.2) is 73.7 Å². The SMILES string of the molecule is Cc1cccc([C@@H](CN2CC[C@H](O)C2)N(C)C(=O)Cc2ccc3c(c2)NC(=O)CS3(=O)=O)c1.S.S. The number of likely N-dealkylation sites (N-methyl/N-ethyl adjacent to an activating group) is 1. The first kappa shape index (κ1) is 29.2. The van der Waals surface area contributed by atoms with Crippen molar-refractivity contribution in [1.82, 2.24) is 9.80 Å². The number of anilines is 1. The molecular weight excluding hydrogens is 506 g/mol. The van der Waals surface area contributed by atoms with E-state index in [1.54, 1.807) is 24.1 Å².